The van der Waals surface area contributed by atoms with Crippen LogP contribution in [0.4, 0.5) is 8.78 Å². The van der Waals surface area contributed by atoms with E-state index in [1.54, 1.807) is 0 Å². The molecule has 0 heterocycles. The maximum atomic E-state index is 13.6. The van der Waals surface area contributed by atoms with Gasteiger partial charge in [-0.05, 0) is 78.3 Å². The number of amides is 1. The molecule has 0 aliphatic heterocycles. The fourth-order valence-corrected chi connectivity index (χ4v) is 4.72. The minimum atomic E-state index is -0.877. The Hall–Kier alpha value is -2.31. The summed E-state index contributed by atoms with van der Waals surface area (Å²) in [6, 6.07) is 10.1. The highest BCUT2D eigenvalue weighted by atomic mass is 19.1. The number of fused-ring (bicyclic) bond motifs is 1. The van der Waals surface area contributed by atoms with Crippen molar-refractivity contribution in [2.45, 2.75) is 64.5 Å². The molecule has 1 aliphatic carbocycles. The third kappa shape index (κ3) is 6.84. The first kappa shape index (κ1) is 24.3. The van der Waals surface area contributed by atoms with Crippen LogP contribution in [0.25, 0.3) is 0 Å². The van der Waals surface area contributed by atoms with Gasteiger partial charge < -0.3 is 16.2 Å². The Morgan fingerprint density at radius 2 is 1.84 bits per heavy atom. The molecule has 0 saturated carbocycles. The molecule has 2 aromatic rings. The van der Waals surface area contributed by atoms with Crippen LogP contribution in [-0.2, 0) is 24.1 Å². The van der Waals surface area contributed by atoms with Crippen LogP contribution in [-0.4, -0.2) is 23.7 Å². The summed E-state index contributed by atoms with van der Waals surface area (Å²) in [4.78, 5) is 11.6. The van der Waals surface area contributed by atoms with E-state index in [1.807, 2.05) is 0 Å². The van der Waals surface area contributed by atoms with Crippen LogP contribution in [0.3, 0.4) is 0 Å². The third-order valence-corrected chi connectivity index (χ3v) is 6.17. The van der Waals surface area contributed by atoms with Crippen molar-refractivity contribution < 1.29 is 18.7 Å². The molecule has 2 aromatic carbocycles. The molecule has 3 atom stereocenters. The minimum Gasteiger partial charge on any atom is -0.391 e. The van der Waals surface area contributed by atoms with Crippen molar-refractivity contribution in [1.82, 2.24) is 5.32 Å². The standard InChI is InChI=1S/C26H34F2N2O2/c1-16(2)8-17-6-7-19-4-3-5-24(23(19)12-17)30-15-25(31)20(13-26(29)32)9-18-10-21(27)14-22(28)11-18/h6-7,10-12,14,16,20,24-25,30-31H,3-5,8-9,13,15H2,1-2H3,(H2,29,32)/t20?,24-,25?/m0/s1. The van der Waals surface area contributed by atoms with E-state index in [0.29, 0.717) is 11.5 Å². The van der Waals surface area contributed by atoms with Crippen molar-refractivity contribution in [3.05, 3.63) is 70.3 Å². The van der Waals surface area contributed by atoms with Crippen LogP contribution in [0.5, 0.6) is 0 Å². The molecule has 32 heavy (non-hydrogen) atoms. The van der Waals surface area contributed by atoms with Gasteiger partial charge in [0.15, 0.2) is 0 Å². The predicted molar refractivity (Wildman–Crippen MR) is 122 cm³/mol. The lowest BCUT2D eigenvalue weighted by atomic mass is 9.85. The molecule has 0 saturated heterocycles. The molecular formula is C26H34F2N2O2. The van der Waals surface area contributed by atoms with E-state index in [-0.39, 0.29) is 25.4 Å². The Morgan fingerprint density at radius 3 is 2.50 bits per heavy atom. The Labute approximate surface area is 189 Å². The van der Waals surface area contributed by atoms with E-state index < -0.39 is 29.6 Å². The number of aliphatic hydroxyl groups is 1. The average Bonchev–Trinajstić information content (AvgIpc) is 2.70. The molecular weight excluding hydrogens is 410 g/mol. The average molecular weight is 445 g/mol. The second-order valence-corrected chi connectivity index (χ2v) is 9.46. The number of benzene rings is 2. The summed E-state index contributed by atoms with van der Waals surface area (Å²) < 4.78 is 27.2. The minimum absolute atomic E-state index is 0.0548. The first-order valence-electron chi connectivity index (χ1n) is 11.5. The summed E-state index contributed by atoms with van der Waals surface area (Å²) >= 11 is 0. The summed E-state index contributed by atoms with van der Waals surface area (Å²) in [5, 5.41) is 14.3. The molecule has 1 amide bonds. The van der Waals surface area contributed by atoms with Crippen molar-refractivity contribution >= 4 is 5.91 Å². The molecule has 174 valence electrons. The number of hydrogen-bond donors (Lipinski definition) is 3. The monoisotopic (exact) mass is 444 g/mol. The van der Waals surface area contributed by atoms with Crippen LogP contribution in [0.2, 0.25) is 0 Å². The Bertz CT molecular complexity index is 912. The predicted octanol–water partition coefficient (Wildman–Crippen LogP) is 4.23. The maximum Gasteiger partial charge on any atom is 0.217 e. The zero-order valence-corrected chi connectivity index (χ0v) is 18.9. The van der Waals surface area contributed by atoms with Crippen LogP contribution in [0, 0.1) is 23.5 Å². The van der Waals surface area contributed by atoms with Crippen molar-refractivity contribution in [1.29, 1.82) is 0 Å². The van der Waals surface area contributed by atoms with Crippen molar-refractivity contribution in [2.75, 3.05) is 6.54 Å². The fraction of sp³-hybridized carbons (Fsp3) is 0.500. The van der Waals surface area contributed by atoms with Gasteiger partial charge in [0.05, 0.1) is 6.10 Å². The molecule has 6 heteroatoms. The second-order valence-electron chi connectivity index (χ2n) is 9.46. The quantitative estimate of drug-likeness (QED) is 0.514. The van der Waals surface area contributed by atoms with Gasteiger partial charge in [-0.15, -0.1) is 0 Å². The number of hydrogen-bond acceptors (Lipinski definition) is 3. The summed E-state index contributed by atoms with van der Waals surface area (Å²) in [6.45, 7) is 4.68. The lowest BCUT2D eigenvalue weighted by Crippen LogP contribution is -2.38. The van der Waals surface area contributed by atoms with Crippen LogP contribution < -0.4 is 11.1 Å². The van der Waals surface area contributed by atoms with Crippen molar-refractivity contribution in [3.63, 3.8) is 0 Å². The molecule has 0 bridgehead atoms. The zero-order chi connectivity index (χ0) is 23.3. The van der Waals surface area contributed by atoms with E-state index in [4.69, 9.17) is 5.73 Å². The van der Waals surface area contributed by atoms with E-state index in [9.17, 15) is 18.7 Å². The van der Waals surface area contributed by atoms with Crippen molar-refractivity contribution in [2.24, 2.45) is 17.6 Å². The molecule has 4 N–H and O–H groups in total. The van der Waals surface area contributed by atoms with Crippen LogP contribution >= 0.6 is 0 Å². The number of carbonyl (C=O) groups is 1. The lowest BCUT2D eigenvalue weighted by Gasteiger charge is -2.30. The highest BCUT2D eigenvalue weighted by Gasteiger charge is 2.26. The Balaban J connectivity index is 1.69. The largest absolute Gasteiger partial charge is 0.391 e. The number of aryl methyl sites for hydroxylation is 1. The van der Waals surface area contributed by atoms with Gasteiger partial charge in [-0.3, -0.25) is 4.79 Å². The number of nitrogens with two attached hydrogens (primary N) is 1. The molecule has 0 fully saturated rings. The highest BCUT2D eigenvalue weighted by molar-refractivity contribution is 5.74. The van der Waals surface area contributed by atoms with Crippen molar-refractivity contribution in [3.8, 4) is 0 Å². The van der Waals surface area contributed by atoms with Crippen LogP contribution in [0.15, 0.2) is 36.4 Å². The first-order valence-corrected chi connectivity index (χ1v) is 11.5. The summed E-state index contributed by atoms with van der Waals surface area (Å²) in [5.74, 6) is -1.86. The number of rotatable bonds is 10. The Morgan fingerprint density at radius 1 is 1.12 bits per heavy atom. The number of primary amides is 1. The molecule has 2 unspecified atom stereocenters. The molecule has 0 spiro atoms. The molecule has 4 nitrogen and oxygen atoms in total. The SMILES string of the molecule is CC(C)Cc1ccc2c(c1)[C@@H](NCC(O)C(CC(N)=O)Cc1cc(F)cc(F)c1)CCC2. The number of halogens is 2. The van der Waals surface area contributed by atoms with E-state index in [2.05, 4.69) is 37.4 Å². The molecule has 1 aliphatic rings. The topological polar surface area (TPSA) is 75.3 Å². The van der Waals surface area contributed by atoms with E-state index in [0.717, 1.165) is 31.7 Å². The molecule has 0 radical (unpaired) electrons. The van der Waals surface area contributed by atoms with E-state index in [1.165, 1.54) is 28.8 Å². The van der Waals surface area contributed by atoms with Gasteiger partial charge in [-0.1, -0.05) is 32.0 Å². The maximum absolute atomic E-state index is 13.6. The van der Waals surface area contributed by atoms with Gasteiger partial charge in [0.1, 0.15) is 11.6 Å². The second kappa shape index (κ2) is 11.0. The number of nitrogens with one attached hydrogen (secondary N) is 1. The Kier molecular flexibility index (Phi) is 8.38. The fourth-order valence-electron chi connectivity index (χ4n) is 4.72. The summed E-state index contributed by atoms with van der Waals surface area (Å²) in [6.07, 6.45) is 3.35. The number of carbonyl (C=O) groups excluding carboxylic acids is 1. The summed E-state index contributed by atoms with van der Waals surface area (Å²) in [7, 11) is 0. The molecule has 3 rings (SSSR count). The van der Waals surface area contributed by atoms with Gasteiger partial charge in [-0.2, -0.15) is 0 Å². The van der Waals surface area contributed by atoms with Gasteiger partial charge in [-0.25, -0.2) is 8.78 Å². The molecule has 0 aromatic heterocycles. The normalized spacial score (nSPS) is 17.8. The van der Waals surface area contributed by atoms with Gasteiger partial charge in [0, 0.05) is 25.1 Å². The highest BCUT2D eigenvalue weighted by Crippen LogP contribution is 2.31. The van der Waals surface area contributed by atoms with Gasteiger partial charge in [0.25, 0.3) is 0 Å². The lowest BCUT2D eigenvalue weighted by molar-refractivity contribution is -0.119. The van der Waals surface area contributed by atoms with Gasteiger partial charge in [0.2, 0.25) is 5.91 Å². The first-order chi connectivity index (χ1) is 15.2. The number of aliphatic hydroxyl groups excluding tert-OH is 1. The smallest absolute Gasteiger partial charge is 0.217 e. The van der Waals surface area contributed by atoms with E-state index >= 15 is 0 Å². The van der Waals surface area contributed by atoms with Gasteiger partial charge >= 0.3 is 0 Å². The summed E-state index contributed by atoms with van der Waals surface area (Å²) in [5.41, 5.74) is 9.71. The third-order valence-electron chi connectivity index (χ3n) is 6.17. The zero-order valence-electron chi connectivity index (χ0n) is 18.9. The van der Waals surface area contributed by atoms with Crippen LogP contribution in [0.1, 0.15) is 61.4 Å².